The quantitative estimate of drug-likeness (QED) is 0.872. The number of oxazole rings is 1. The lowest BCUT2D eigenvalue weighted by Gasteiger charge is -1.97. The van der Waals surface area contributed by atoms with Crippen LogP contribution in [-0.4, -0.2) is 4.98 Å². The standard InChI is InChI=1S/C10H5BrFN3O/c11-6-3-5(1-2-7(6)12)10-15-8(4-13)9(14)16-10/h1-3H,14H2. The van der Waals surface area contributed by atoms with Gasteiger partial charge in [-0.25, -0.2) is 4.39 Å². The number of benzene rings is 1. The van der Waals surface area contributed by atoms with E-state index in [2.05, 4.69) is 20.9 Å². The zero-order valence-corrected chi connectivity index (χ0v) is 9.45. The van der Waals surface area contributed by atoms with Crippen LogP contribution >= 0.6 is 15.9 Å². The summed E-state index contributed by atoms with van der Waals surface area (Å²) in [5.74, 6) is -0.239. The van der Waals surface area contributed by atoms with Crippen molar-refractivity contribution in [3.05, 3.63) is 34.2 Å². The Morgan fingerprint density at radius 1 is 1.50 bits per heavy atom. The van der Waals surface area contributed by atoms with Gasteiger partial charge >= 0.3 is 0 Å². The van der Waals surface area contributed by atoms with Crippen molar-refractivity contribution < 1.29 is 8.81 Å². The maximum atomic E-state index is 13.0. The molecule has 1 aromatic heterocycles. The molecule has 6 heteroatoms. The van der Waals surface area contributed by atoms with E-state index in [9.17, 15) is 4.39 Å². The Morgan fingerprint density at radius 2 is 2.25 bits per heavy atom. The van der Waals surface area contributed by atoms with Crippen LogP contribution in [0.5, 0.6) is 0 Å². The van der Waals surface area contributed by atoms with E-state index in [1.54, 1.807) is 6.07 Å². The Labute approximate surface area is 98.6 Å². The van der Waals surface area contributed by atoms with Gasteiger partial charge in [0.15, 0.2) is 0 Å². The fourth-order valence-corrected chi connectivity index (χ4v) is 1.54. The highest BCUT2D eigenvalue weighted by atomic mass is 79.9. The molecule has 0 radical (unpaired) electrons. The van der Waals surface area contributed by atoms with Crippen LogP contribution in [0.4, 0.5) is 10.3 Å². The number of rotatable bonds is 1. The molecule has 4 nitrogen and oxygen atoms in total. The Kier molecular flexibility index (Phi) is 2.62. The summed E-state index contributed by atoms with van der Waals surface area (Å²) in [6.07, 6.45) is 0. The van der Waals surface area contributed by atoms with E-state index in [0.29, 0.717) is 10.0 Å². The molecule has 16 heavy (non-hydrogen) atoms. The molecule has 0 amide bonds. The van der Waals surface area contributed by atoms with E-state index < -0.39 is 0 Å². The number of anilines is 1. The Balaban J connectivity index is 2.51. The zero-order chi connectivity index (χ0) is 11.7. The minimum absolute atomic E-state index is 0.0236. The van der Waals surface area contributed by atoms with Crippen LogP contribution in [0.15, 0.2) is 27.1 Å². The molecular weight excluding hydrogens is 277 g/mol. The maximum Gasteiger partial charge on any atom is 0.230 e. The second-order valence-electron chi connectivity index (χ2n) is 2.97. The van der Waals surface area contributed by atoms with Crippen LogP contribution in [0.1, 0.15) is 5.69 Å². The van der Waals surface area contributed by atoms with Gasteiger partial charge in [0, 0.05) is 5.56 Å². The van der Waals surface area contributed by atoms with Crippen molar-refractivity contribution in [3.8, 4) is 17.5 Å². The first kappa shape index (κ1) is 10.6. The molecule has 2 rings (SSSR count). The number of aromatic nitrogens is 1. The van der Waals surface area contributed by atoms with Crippen molar-refractivity contribution >= 4 is 21.8 Å². The van der Waals surface area contributed by atoms with Gasteiger partial charge in [0.1, 0.15) is 11.9 Å². The van der Waals surface area contributed by atoms with Crippen LogP contribution in [0.2, 0.25) is 0 Å². The summed E-state index contributed by atoms with van der Waals surface area (Å²) in [7, 11) is 0. The average Bonchev–Trinajstić information content (AvgIpc) is 2.64. The highest BCUT2D eigenvalue weighted by Gasteiger charge is 2.12. The predicted octanol–water partition coefficient (Wildman–Crippen LogP) is 2.70. The van der Waals surface area contributed by atoms with E-state index in [0.717, 1.165) is 0 Å². The molecule has 0 aliphatic rings. The smallest absolute Gasteiger partial charge is 0.230 e. The Bertz CT molecular complexity index is 588. The normalized spacial score (nSPS) is 10.1. The van der Waals surface area contributed by atoms with Crippen molar-refractivity contribution in [1.29, 1.82) is 5.26 Å². The molecule has 0 bridgehead atoms. The van der Waals surface area contributed by atoms with E-state index in [4.69, 9.17) is 15.4 Å². The van der Waals surface area contributed by atoms with Crippen molar-refractivity contribution in [2.75, 3.05) is 5.73 Å². The molecule has 0 saturated carbocycles. The molecule has 2 aromatic rings. The lowest BCUT2D eigenvalue weighted by atomic mass is 10.2. The van der Waals surface area contributed by atoms with Gasteiger partial charge in [0.2, 0.25) is 17.5 Å². The number of halogens is 2. The summed E-state index contributed by atoms with van der Waals surface area (Å²) >= 11 is 3.05. The van der Waals surface area contributed by atoms with Gasteiger partial charge in [0.05, 0.1) is 4.47 Å². The maximum absolute atomic E-state index is 13.0. The van der Waals surface area contributed by atoms with Crippen LogP contribution < -0.4 is 5.73 Å². The third kappa shape index (κ3) is 1.77. The number of hydrogen-bond acceptors (Lipinski definition) is 4. The first-order valence-electron chi connectivity index (χ1n) is 4.23. The van der Waals surface area contributed by atoms with Crippen molar-refractivity contribution in [2.24, 2.45) is 0 Å². The van der Waals surface area contributed by atoms with Gasteiger partial charge in [-0.2, -0.15) is 10.2 Å². The molecule has 0 atom stereocenters. The van der Waals surface area contributed by atoms with Crippen molar-refractivity contribution in [3.63, 3.8) is 0 Å². The van der Waals surface area contributed by atoms with Gasteiger partial charge in [-0.3, -0.25) is 0 Å². The molecule has 0 spiro atoms. The first-order chi connectivity index (χ1) is 7.61. The molecule has 1 heterocycles. The molecular formula is C10H5BrFN3O. The van der Waals surface area contributed by atoms with Gasteiger partial charge in [0.25, 0.3) is 0 Å². The monoisotopic (exact) mass is 281 g/mol. The average molecular weight is 282 g/mol. The topological polar surface area (TPSA) is 75.8 Å². The summed E-state index contributed by atoms with van der Waals surface area (Å²) in [5.41, 5.74) is 5.99. The molecule has 0 fully saturated rings. The van der Waals surface area contributed by atoms with Crippen LogP contribution in [0.3, 0.4) is 0 Å². The summed E-state index contributed by atoms with van der Waals surface area (Å²) < 4.78 is 18.4. The highest BCUT2D eigenvalue weighted by molar-refractivity contribution is 9.10. The SMILES string of the molecule is N#Cc1nc(-c2ccc(F)c(Br)c2)oc1N. The fourth-order valence-electron chi connectivity index (χ4n) is 1.16. The number of hydrogen-bond donors (Lipinski definition) is 1. The van der Waals surface area contributed by atoms with Crippen LogP contribution in [-0.2, 0) is 0 Å². The van der Waals surface area contributed by atoms with Crippen molar-refractivity contribution in [2.45, 2.75) is 0 Å². The summed E-state index contributed by atoms with van der Waals surface area (Å²) in [6.45, 7) is 0. The van der Waals surface area contributed by atoms with E-state index in [-0.39, 0.29) is 23.3 Å². The van der Waals surface area contributed by atoms with E-state index in [1.807, 2.05) is 0 Å². The largest absolute Gasteiger partial charge is 0.419 e. The summed E-state index contributed by atoms with van der Waals surface area (Å²) in [4.78, 5) is 3.87. The van der Waals surface area contributed by atoms with Gasteiger partial charge in [-0.1, -0.05) is 0 Å². The zero-order valence-electron chi connectivity index (χ0n) is 7.87. The highest BCUT2D eigenvalue weighted by Crippen LogP contribution is 2.26. The third-order valence-electron chi connectivity index (χ3n) is 1.93. The molecule has 0 unspecified atom stereocenters. The van der Waals surface area contributed by atoms with Crippen LogP contribution in [0, 0.1) is 17.1 Å². The molecule has 1 aromatic carbocycles. The number of nitrogens with zero attached hydrogens (tertiary/aromatic N) is 2. The summed E-state index contributed by atoms with van der Waals surface area (Å²) in [6, 6.07) is 6.06. The van der Waals surface area contributed by atoms with Gasteiger partial charge < -0.3 is 10.2 Å². The van der Waals surface area contributed by atoms with Crippen molar-refractivity contribution in [1.82, 2.24) is 4.98 Å². The van der Waals surface area contributed by atoms with E-state index in [1.165, 1.54) is 18.2 Å². The lowest BCUT2D eigenvalue weighted by molar-refractivity contribution is 0.592. The van der Waals surface area contributed by atoms with Gasteiger partial charge in [-0.05, 0) is 34.1 Å². The Hall–Kier alpha value is -1.87. The molecule has 0 aliphatic heterocycles. The van der Waals surface area contributed by atoms with E-state index >= 15 is 0 Å². The minimum atomic E-state index is -0.385. The first-order valence-corrected chi connectivity index (χ1v) is 5.03. The fraction of sp³-hybridized carbons (Fsp3) is 0. The minimum Gasteiger partial charge on any atom is -0.419 e. The predicted molar refractivity (Wildman–Crippen MR) is 58.7 cm³/mol. The summed E-state index contributed by atoms with van der Waals surface area (Å²) in [5, 5.41) is 8.66. The number of nitrogens with two attached hydrogens (primary N) is 1. The van der Waals surface area contributed by atoms with Crippen LogP contribution in [0.25, 0.3) is 11.5 Å². The second-order valence-corrected chi connectivity index (χ2v) is 3.83. The molecule has 0 aliphatic carbocycles. The Morgan fingerprint density at radius 3 is 2.81 bits per heavy atom. The number of nitrogen functional groups attached to an aromatic ring is 1. The molecule has 2 N–H and O–H groups in total. The second kappa shape index (κ2) is 3.94. The molecule has 80 valence electrons. The molecule has 0 saturated heterocycles. The van der Waals surface area contributed by atoms with Gasteiger partial charge in [-0.15, -0.1) is 0 Å². The lowest BCUT2D eigenvalue weighted by Crippen LogP contribution is -1.84. The third-order valence-corrected chi connectivity index (χ3v) is 2.53. The number of nitriles is 1.